The number of rotatable bonds is 7. The number of benzene rings is 3. The van der Waals surface area contributed by atoms with Crippen LogP contribution in [-0.4, -0.2) is 29.1 Å². The number of ether oxygens (including phenoxy) is 1. The Kier molecular flexibility index (Phi) is 7.01. The van der Waals surface area contributed by atoms with Crippen LogP contribution >= 0.6 is 11.8 Å². The Morgan fingerprint density at radius 1 is 0.969 bits per heavy atom. The quantitative estimate of drug-likeness (QED) is 0.460. The molecule has 1 aliphatic heterocycles. The molecule has 0 aliphatic carbocycles. The predicted octanol–water partition coefficient (Wildman–Crippen LogP) is 5.44. The van der Waals surface area contributed by atoms with E-state index in [1.54, 1.807) is 17.0 Å². The van der Waals surface area contributed by atoms with Crippen LogP contribution in [0.25, 0.3) is 6.08 Å². The van der Waals surface area contributed by atoms with Gasteiger partial charge in [-0.05, 0) is 59.7 Å². The molecule has 1 aliphatic rings. The SMILES string of the molecule is N#CCOc1ccc(/C=C2/SC(=Nc3ccccc3)N(CCc3ccccc3)C2=O)cc1. The molecule has 5 nitrogen and oxygen atoms in total. The van der Waals surface area contributed by atoms with Crippen LogP contribution in [0.5, 0.6) is 5.75 Å². The standard InChI is InChI=1S/C26H21N3O2S/c27-16-18-31-23-13-11-21(12-14-23)19-24-25(30)29(17-15-20-7-3-1-4-8-20)26(32-24)28-22-9-5-2-6-10-22/h1-14,19H,15,17-18H2/b24-19+,28-26?. The van der Waals surface area contributed by atoms with Crippen molar-refractivity contribution >= 4 is 34.6 Å². The number of aliphatic imine (C=N–C) groups is 1. The summed E-state index contributed by atoms with van der Waals surface area (Å²) in [6.45, 7) is 0.560. The number of amides is 1. The Morgan fingerprint density at radius 2 is 1.66 bits per heavy atom. The summed E-state index contributed by atoms with van der Waals surface area (Å²) in [5, 5.41) is 9.31. The van der Waals surface area contributed by atoms with Crippen molar-refractivity contribution in [3.8, 4) is 11.8 Å². The van der Waals surface area contributed by atoms with Gasteiger partial charge >= 0.3 is 0 Å². The van der Waals surface area contributed by atoms with Crippen LogP contribution < -0.4 is 4.74 Å². The maximum atomic E-state index is 13.2. The molecule has 0 atom stereocenters. The van der Waals surface area contributed by atoms with Crippen molar-refractivity contribution in [3.05, 3.63) is 101 Å². The normalized spacial score (nSPS) is 15.8. The van der Waals surface area contributed by atoms with E-state index >= 15 is 0 Å². The highest BCUT2D eigenvalue weighted by molar-refractivity contribution is 8.18. The van der Waals surface area contributed by atoms with E-state index in [-0.39, 0.29) is 12.5 Å². The van der Waals surface area contributed by atoms with Crippen molar-refractivity contribution in [1.29, 1.82) is 5.26 Å². The number of carbonyl (C=O) groups excluding carboxylic acids is 1. The molecule has 1 heterocycles. The zero-order valence-electron chi connectivity index (χ0n) is 17.3. The van der Waals surface area contributed by atoms with Crippen molar-refractivity contribution in [2.24, 2.45) is 4.99 Å². The third kappa shape index (κ3) is 5.45. The molecular formula is C26H21N3O2S. The second kappa shape index (κ2) is 10.5. The molecule has 158 valence electrons. The van der Waals surface area contributed by atoms with Crippen molar-refractivity contribution < 1.29 is 9.53 Å². The Bertz CT molecular complexity index is 1170. The van der Waals surface area contributed by atoms with E-state index < -0.39 is 0 Å². The van der Waals surface area contributed by atoms with Gasteiger partial charge in [-0.2, -0.15) is 5.26 Å². The molecule has 32 heavy (non-hydrogen) atoms. The lowest BCUT2D eigenvalue weighted by molar-refractivity contribution is -0.122. The zero-order valence-corrected chi connectivity index (χ0v) is 18.2. The Balaban J connectivity index is 1.57. The summed E-state index contributed by atoms with van der Waals surface area (Å²) >= 11 is 1.38. The molecule has 3 aromatic carbocycles. The van der Waals surface area contributed by atoms with E-state index in [9.17, 15) is 4.79 Å². The summed E-state index contributed by atoms with van der Waals surface area (Å²) in [6.07, 6.45) is 2.61. The van der Waals surface area contributed by atoms with Gasteiger partial charge in [0.25, 0.3) is 5.91 Å². The number of para-hydroxylation sites is 1. The number of nitriles is 1. The van der Waals surface area contributed by atoms with Gasteiger partial charge in [0.1, 0.15) is 11.8 Å². The molecule has 6 heteroatoms. The minimum absolute atomic E-state index is 0.00442. The highest BCUT2D eigenvalue weighted by Gasteiger charge is 2.33. The molecule has 0 bridgehead atoms. The lowest BCUT2D eigenvalue weighted by atomic mass is 10.1. The van der Waals surface area contributed by atoms with Crippen molar-refractivity contribution in [3.63, 3.8) is 0 Å². The smallest absolute Gasteiger partial charge is 0.266 e. The first-order chi connectivity index (χ1) is 15.7. The number of thioether (sulfide) groups is 1. The maximum absolute atomic E-state index is 13.2. The van der Waals surface area contributed by atoms with Gasteiger partial charge < -0.3 is 4.74 Å². The summed E-state index contributed by atoms with van der Waals surface area (Å²) in [5.74, 6) is 0.570. The number of amidine groups is 1. The lowest BCUT2D eigenvalue weighted by Crippen LogP contribution is -2.31. The van der Waals surface area contributed by atoms with Gasteiger partial charge in [-0.1, -0.05) is 60.7 Å². The molecule has 0 saturated carbocycles. The van der Waals surface area contributed by atoms with E-state index in [1.807, 2.05) is 72.8 Å². The van der Waals surface area contributed by atoms with Crippen molar-refractivity contribution in [2.75, 3.05) is 13.2 Å². The summed E-state index contributed by atoms with van der Waals surface area (Å²) in [6, 6.07) is 29.1. The van der Waals surface area contributed by atoms with Crippen LogP contribution in [0.15, 0.2) is 94.8 Å². The number of nitrogens with zero attached hydrogens (tertiary/aromatic N) is 3. The summed E-state index contributed by atoms with van der Waals surface area (Å²) in [7, 11) is 0. The van der Waals surface area contributed by atoms with Crippen LogP contribution in [0.3, 0.4) is 0 Å². The Morgan fingerprint density at radius 3 is 2.34 bits per heavy atom. The molecule has 0 spiro atoms. The monoisotopic (exact) mass is 439 g/mol. The van der Waals surface area contributed by atoms with Gasteiger partial charge in [0.05, 0.1) is 10.6 Å². The van der Waals surface area contributed by atoms with E-state index in [4.69, 9.17) is 15.0 Å². The first-order valence-electron chi connectivity index (χ1n) is 10.2. The molecular weight excluding hydrogens is 418 g/mol. The number of hydrogen-bond donors (Lipinski definition) is 0. The number of carbonyl (C=O) groups is 1. The number of hydrogen-bond acceptors (Lipinski definition) is 5. The first-order valence-corrected chi connectivity index (χ1v) is 11.0. The van der Waals surface area contributed by atoms with Crippen LogP contribution in [0.1, 0.15) is 11.1 Å². The van der Waals surface area contributed by atoms with Crippen molar-refractivity contribution in [2.45, 2.75) is 6.42 Å². The molecule has 1 amide bonds. The van der Waals surface area contributed by atoms with Crippen LogP contribution in [0, 0.1) is 11.3 Å². The van der Waals surface area contributed by atoms with E-state index in [0.717, 1.165) is 17.7 Å². The van der Waals surface area contributed by atoms with Gasteiger partial charge in [0.2, 0.25) is 0 Å². The fraction of sp³-hybridized carbons (Fsp3) is 0.115. The topological polar surface area (TPSA) is 65.7 Å². The fourth-order valence-corrected chi connectivity index (χ4v) is 4.24. The van der Waals surface area contributed by atoms with Gasteiger partial charge in [0.15, 0.2) is 11.8 Å². The minimum atomic E-state index is -0.0505. The largest absolute Gasteiger partial charge is 0.479 e. The third-order valence-corrected chi connectivity index (χ3v) is 5.82. The Hall–Kier alpha value is -3.82. The van der Waals surface area contributed by atoms with Crippen LogP contribution in [-0.2, 0) is 11.2 Å². The zero-order chi connectivity index (χ0) is 22.2. The molecule has 1 saturated heterocycles. The molecule has 0 N–H and O–H groups in total. The van der Waals surface area contributed by atoms with Gasteiger partial charge in [-0.3, -0.25) is 9.69 Å². The Labute approximate surface area is 191 Å². The van der Waals surface area contributed by atoms with Crippen molar-refractivity contribution in [1.82, 2.24) is 4.90 Å². The highest BCUT2D eigenvalue weighted by atomic mass is 32.2. The average Bonchev–Trinajstić information content (AvgIpc) is 3.12. The van der Waals surface area contributed by atoms with Gasteiger partial charge in [-0.15, -0.1) is 0 Å². The van der Waals surface area contributed by atoms with E-state index in [2.05, 4.69) is 12.1 Å². The highest BCUT2D eigenvalue weighted by Crippen LogP contribution is 2.34. The molecule has 0 aromatic heterocycles. The molecule has 3 aromatic rings. The van der Waals surface area contributed by atoms with Gasteiger partial charge in [-0.25, -0.2) is 4.99 Å². The second-order valence-corrected chi connectivity index (χ2v) is 8.06. The third-order valence-electron chi connectivity index (χ3n) is 4.82. The van der Waals surface area contributed by atoms with Crippen LogP contribution in [0.4, 0.5) is 5.69 Å². The summed E-state index contributed by atoms with van der Waals surface area (Å²) in [4.78, 5) is 20.3. The first kappa shape index (κ1) is 21.4. The molecule has 4 rings (SSSR count). The van der Waals surface area contributed by atoms with E-state index in [0.29, 0.717) is 22.4 Å². The predicted molar refractivity (Wildman–Crippen MR) is 129 cm³/mol. The second-order valence-electron chi connectivity index (χ2n) is 7.05. The lowest BCUT2D eigenvalue weighted by Gasteiger charge is -2.15. The summed E-state index contributed by atoms with van der Waals surface area (Å²) < 4.78 is 5.29. The molecule has 0 radical (unpaired) electrons. The summed E-state index contributed by atoms with van der Waals surface area (Å²) in [5.41, 5.74) is 2.87. The average molecular weight is 440 g/mol. The fourth-order valence-electron chi connectivity index (χ4n) is 3.21. The minimum Gasteiger partial charge on any atom is -0.479 e. The molecule has 1 fully saturated rings. The molecule has 0 unspecified atom stereocenters. The maximum Gasteiger partial charge on any atom is 0.266 e. The van der Waals surface area contributed by atoms with Gasteiger partial charge in [0, 0.05) is 6.54 Å². The van der Waals surface area contributed by atoms with E-state index in [1.165, 1.54) is 17.3 Å². The van der Waals surface area contributed by atoms with Crippen LogP contribution in [0.2, 0.25) is 0 Å².